The van der Waals surface area contributed by atoms with Crippen LogP contribution >= 0.6 is 0 Å². The molecule has 3 fully saturated rings. The molecule has 0 spiro atoms. The van der Waals surface area contributed by atoms with Crippen molar-refractivity contribution in [2.24, 2.45) is 11.8 Å². The van der Waals surface area contributed by atoms with Crippen LogP contribution in [0.3, 0.4) is 0 Å². The second kappa shape index (κ2) is 5.70. The van der Waals surface area contributed by atoms with E-state index in [1.165, 1.54) is 11.3 Å². The molecule has 4 nitrogen and oxygen atoms in total. The number of hydrogen-bond donors (Lipinski definition) is 1. The lowest BCUT2D eigenvalue weighted by Crippen LogP contribution is -2.66. The zero-order valence-corrected chi connectivity index (χ0v) is 11.8. The number of amides is 2. The highest BCUT2D eigenvalue weighted by Gasteiger charge is 2.49. The van der Waals surface area contributed by atoms with Crippen molar-refractivity contribution >= 4 is 11.8 Å². The van der Waals surface area contributed by atoms with E-state index in [4.69, 9.17) is 0 Å². The van der Waals surface area contributed by atoms with E-state index in [0.717, 1.165) is 38.5 Å². The Hall–Kier alpha value is -1.13. The molecule has 2 atom stereocenters. The molecule has 0 bridgehead atoms. The Morgan fingerprint density at radius 2 is 1.75 bits per heavy atom. The van der Waals surface area contributed by atoms with Crippen LogP contribution in [0.25, 0.3) is 0 Å². The topological polar surface area (TPSA) is 49.4 Å². The van der Waals surface area contributed by atoms with Gasteiger partial charge in [-0.2, -0.15) is 0 Å². The molecule has 0 aromatic carbocycles. The van der Waals surface area contributed by atoms with Gasteiger partial charge in [-0.05, 0) is 37.5 Å². The predicted molar refractivity (Wildman–Crippen MR) is 72.7 cm³/mol. The van der Waals surface area contributed by atoms with Crippen LogP contribution in [0.1, 0.15) is 44.9 Å². The molecule has 5 heteroatoms. The maximum atomic E-state index is 12.8. The number of nitrogens with zero attached hydrogens (tertiary/aromatic N) is 1. The number of nitrogens with one attached hydrogen (secondary N) is 1. The molecule has 3 aliphatic rings. The van der Waals surface area contributed by atoms with Crippen molar-refractivity contribution in [1.29, 1.82) is 0 Å². The summed E-state index contributed by atoms with van der Waals surface area (Å²) in [5.74, 6) is 0.377. The van der Waals surface area contributed by atoms with Crippen molar-refractivity contribution in [2.45, 2.75) is 57.0 Å². The van der Waals surface area contributed by atoms with E-state index in [2.05, 4.69) is 5.32 Å². The van der Waals surface area contributed by atoms with Crippen molar-refractivity contribution in [1.82, 2.24) is 10.2 Å². The molecule has 1 aliphatic heterocycles. The van der Waals surface area contributed by atoms with Gasteiger partial charge in [0.15, 0.2) is 0 Å². The first kappa shape index (κ1) is 13.8. The third-order valence-corrected chi connectivity index (χ3v) is 4.97. The standard InChI is InChI=1S/C15H23FN2O2/c16-8-9-18-13(11-6-7-11)14(19)17-12(15(18)20)10-4-2-1-3-5-10/h10-13H,1-9H2,(H,17,19). The largest absolute Gasteiger partial charge is 0.342 e. The van der Waals surface area contributed by atoms with Crippen LogP contribution in [0.5, 0.6) is 0 Å². The fourth-order valence-electron chi connectivity index (χ4n) is 3.77. The van der Waals surface area contributed by atoms with E-state index in [-0.39, 0.29) is 30.2 Å². The summed E-state index contributed by atoms with van der Waals surface area (Å²) in [4.78, 5) is 26.5. The molecular formula is C15H23FN2O2. The normalized spacial score (nSPS) is 32.4. The summed E-state index contributed by atoms with van der Waals surface area (Å²) in [7, 11) is 0. The van der Waals surface area contributed by atoms with Crippen LogP contribution in [0, 0.1) is 11.8 Å². The highest BCUT2D eigenvalue weighted by Crippen LogP contribution is 2.38. The Bertz CT molecular complexity index is 391. The molecule has 1 N–H and O–H groups in total. The third-order valence-electron chi connectivity index (χ3n) is 4.97. The Morgan fingerprint density at radius 1 is 1.05 bits per heavy atom. The highest BCUT2D eigenvalue weighted by atomic mass is 19.1. The zero-order valence-electron chi connectivity index (χ0n) is 11.8. The smallest absolute Gasteiger partial charge is 0.246 e. The van der Waals surface area contributed by atoms with Crippen molar-refractivity contribution in [2.75, 3.05) is 13.2 Å². The van der Waals surface area contributed by atoms with Crippen LogP contribution < -0.4 is 5.32 Å². The van der Waals surface area contributed by atoms with Crippen LogP contribution in [0.2, 0.25) is 0 Å². The Balaban J connectivity index is 1.76. The SMILES string of the molecule is O=C1NC(C2CCCCC2)C(=O)N(CCF)C1C1CC1. The lowest BCUT2D eigenvalue weighted by molar-refractivity contribution is -0.152. The van der Waals surface area contributed by atoms with Gasteiger partial charge >= 0.3 is 0 Å². The summed E-state index contributed by atoms with van der Waals surface area (Å²) in [5, 5.41) is 2.94. The summed E-state index contributed by atoms with van der Waals surface area (Å²) >= 11 is 0. The van der Waals surface area contributed by atoms with Crippen molar-refractivity contribution < 1.29 is 14.0 Å². The maximum absolute atomic E-state index is 12.8. The summed E-state index contributed by atoms with van der Waals surface area (Å²) < 4.78 is 12.8. The van der Waals surface area contributed by atoms with Gasteiger partial charge in [0.1, 0.15) is 18.8 Å². The molecule has 2 amide bonds. The van der Waals surface area contributed by atoms with E-state index in [1.807, 2.05) is 0 Å². The van der Waals surface area contributed by atoms with Crippen molar-refractivity contribution in [3.63, 3.8) is 0 Å². The van der Waals surface area contributed by atoms with Gasteiger partial charge in [0, 0.05) is 6.54 Å². The summed E-state index contributed by atoms with van der Waals surface area (Å²) in [5.41, 5.74) is 0. The molecule has 0 aromatic rings. The molecule has 20 heavy (non-hydrogen) atoms. The van der Waals surface area contributed by atoms with E-state index >= 15 is 0 Å². The molecule has 0 radical (unpaired) electrons. The second-order valence-corrected chi connectivity index (χ2v) is 6.39. The Kier molecular flexibility index (Phi) is 3.94. The number of hydrogen-bond acceptors (Lipinski definition) is 2. The van der Waals surface area contributed by atoms with E-state index in [1.54, 1.807) is 0 Å². The zero-order chi connectivity index (χ0) is 14.1. The lowest BCUT2D eigenvalue weighted by Gasteiger charge is -2.42. The summed E-state index contributed by atoms with van der Waals surface area (Å²) in [6.07, 6.45) is 7.40. The molecule has 1 saturated heterocycles. The average Bonchev–Trinajstić information content (AvgIpc) is 3.28. The molecule has 2 aliphatic carbocycles. The van der Waals surface area contributed by atoms with Crippen LogP contribution in [0.15, 0.2) is 0 Å². The maximum Gasteiger partial charge on any atom is 0.246 e. The van der Waals surface area contributed by atoms with E-state index < -0.39 is 18.8 Å². The van der Waals surface area contributed by atoms with E-state index in [0.29, 0.717) is 0 Å². The van der Waals surface area contributed by atoms with Gasteiger partial charge < -0.3 is 10.2 Å². The number of carbonyl (C=O) groups excluding carboxylic acids is 2. The highest BCUT2D eigenvalue weighted by molar-refractivity contribution is 5.97. The van der Waals surface area contributed by atoms with Gasteiger partial charge in [-0.25, -0.2) is 4.39 Å². The van der Waals surface area contributed by atoms with Gasteiger partial charge in [-0.1, -0.05) is 19.3 Å². The van der Waals surface area contributed by atoms with Crippen molar-refractivity contribution in [3.05, 3.63) is 0 Å². The van der Waals surface area contributed by atoms with Gasteiger partial charge in [-0.15, -0.1) is 0 Å². The van der Waals surface area contributed by atoms with E-state index in [9.17, 15) is 14.0 Å². The molecule has 1 heterocycles. The van der Waals surface area contributed by atoms with Gasteiger partial charge in [0.25, 0.3) is 0 Å². The minimum atomic E-state index is -0.570. The number of rotatable bonds is 4. The Morgan fingerprint density at radius 3 is 2.35 bits per heavy atom. The predicted octanol–water partition coefficient (Wildman–Crippen LogP) is 1.64. The lowest BCUT2D eigenvalue weighted by atomic mass is 9.82. The van der Waals surface area contributed by atoms with Gasteiger partial charge in [0.2, 0.25) is 11.8 Å². The van der Waals surface area contributed by atoms with Crippen LogP contribution in [-0.4, -0.2) is 42.0 Å². The van der Waals surface area contributed by atoms with Crippen molar-refractivity contribution in [3.8, 4) is 0 Å². The minimum absolute atomic E-state index is 0.0500. The average molecular weight is 282 g/mol. The molecule has 3 rings (SSSR count). The first-order valence-electron chi connectivity index (χ1n) is 7.89. The number of alkyl halides is 1. The first-order chi connectivity index (χ1) is 9.72. The fourth-order valence-corrected chi connectivity index (χ4v) is 3.77. The Labute approximate surface area is 119 Å². The fraction of sp³-hybridized carbons (Fsp3) is 0.867. The van der Waals surface area contributed by atoms with Gasteiger partial charge in [-0.3, -0.25) is 9.59 Å². The molecule has 0 aromatic heterocycles. The first-order valence-corrected chi connectivity index (χ1v) is 7.89. The minimum Gasteiger partial charge on any atom is -0.342 e. The summed E-state index contributed by atoms with van der Waals surface area (Å²) in [6.45, 7) is -0.504. The number of carbonyl (C=O) groups is 2. The molecule has 2 unspecified atom stereocenters. The molecule has 2 saturated carbocycles. The molecular weight excluding hydrogens is 259 g/mol. The quantitative estimate of drug-likeness (QED) is 0.852. The van der Waals surface area contributed by atoms with Gasteiger partial charge in [0.05, 0.1) is 0 Å². The number of halogens is 1. The summed E-state index contributed by atoms with van der Waals surface area (Å²) in [6, 6.07) is -0.831. The van der Waals surface area contributed by atoms with Crippen LogP contribution in [-0.2, 0) is 9.59 Å². The van der Waals surface area contributed by atoms with Crippen LogP contribution in [0.4, 0.5) is 4.39 Å². The monoisotopic (exact) mass is 282 g/mol. The molecule has 112 valence electrons. The third kappa shape index (κ3) is 2.54. The number of piperazine rings is 1. The second-order valence-electron chi connectivity index (χ2n) is 6.39.